The monoisotopic (exact) mass is 336 g/mol. The van der Waals surface area contributed by atoms with Crippen molar-refractivity contribution in [1.82, 2.24) is 5.32 Å². The number of rotatable bonds is 5. The molecule has 0 aliphatic heterocycles. The molecule has 23 heavy (non-hydrogen) atoms. The van der Waals surface area contributed by atoms with E-state index in [0.29, 0.717) is 24.6 Å². The lowest BCUT2D eigenvalue weighted by Gasteiger charge is -2.12. The molecule has 9 heteroatoms. The van der Waals surface area contributed by atoms with Gasteiger partial charge in [0.2, 0.25) is 0 Å². The number of aliphatic hydroxyl groups excluding tert-OH is 1. The molecule has 2 amide bonds. The number of hydrogen-bond acceptors (Lipinski definition) is 3. The topological polar surface area (TPSA) is 78.4 Å². The zero-order chi connectivity index (χ0) is 17.6. The summed E-state index contributed by atoms with van der Waals surface area (Å²) in [5.74, 6) is -3.57. The van der Waals surface area contributed by atoms with E-state index in [2.05, 4.69) is 5.32 Å². The summed E-state index contributed by atoms with van der Waals surface area (Å²) < 4.78 is 51.1. The van der Waals surface area contributed by atoms with Crippen LogP contribution < -0.4 is 10.6 Å². The van der Waals surface area contributed by atoms with Gasteiger partial charge in [-0.2, -0.15) is 13.2 Å². The normalized spacial score (nSPS) is 12.6. The quantitative estimate of drug-likeness (QED) is 0.568. The number of aliphatic hydroxyl groups is 1. The van der Waals surface area contributed by atoms with E-state index in [1.807, 2.05) is 0 Å². The van der Waals surface area contributed by atoms with Gasteiger partial charge in [-0.05, 0) is 30.5 Å². The minimum absolute atomic E-state index is 0.0846. The first-order valence-corrected chi connectivity index (χ1v) is 6.72. The standard InChI is InChI=1S/C14H16F4N2O3/c1-8(4-5-21)7-19-12(22)13(23)20-11-6-9(14(16,17)18)2-3-10(11)15/h2-3,6,8,21H,4-5,7H2,1H3,(H,19,22)(H,20,23). The van der Waals surface area contributed by atoms with E-state index in [1.54, 1.807) is 12.2 Å². The summed E-state index contributed by atoms with van der Waals surface area (Å²) in [4.78, 5) is 23.1. The minimum Gasteiger partial charge on any atom is -0.396 e. The molecule has 0 heterocycles. The molecule has 0 aromatic heterocycles. The van der Waals surface area contributed by atoms with Crippen molar-refractivity contribution in [1.29, 1.82) is 0 Å². The van der Waals surface area contributed by atoms with E-state index in [1.165, 1.54) is 0 Å². The molecule has 0 fully saturated rings. The lowest BCUT2D eigenvalue weighted by atomic mass is 10.1. The lowest BCUT2D eigenvalue weighted by Crippen LogP contribution is -2.38. The number of alkyl halides is 3. The van der Waals surface area contributed by atoms with Gasteiger partial charge in [0.15, 0.2) is 0 Å². The predicted octanol–water partition coefficient (Wildman–Crippen LogP) is 1.92. The van der Waals surface area contributed by atoms with Crippen LogP contribution >= 0.6 is 0 Å². The van der Waals surface area contributed by atoms with E-state index in [4.69, 9.17) is 5.11 Å². The summed E-state index contributed by atoms with van der Waals surface area (Å²) in [6.07, 6.45) is -4.29. The Hall–Kier alpha value is -2.16. The third-order valence-electron chi connectivity index (χ3n) is 2.98. The Balaban J connectivity index is 2.71. The van der Waals surface area contributed by atoms with Gasteiger partial charge in [-0.15, -0.1) is 0 Å². The maximum atomic E-state index is 13.5. The highest BCUT2D eigenvalue weighted by Crippen LogP contribution is 2.31. The van der Waals surface area contributed by atoms with Gasteiger partial charge in [-0.1, -0.05) is 6.92 Å². The summed E-state index contributed by atoms with van der Waals surface area (Å²) in [6, 6.07) is 1.50. The fourth-order valence-electron chi connectivity index (χ4n) is 1.65. The Kier molecular flexibility index (Phi) is 6.49. The van der Waals surface area contributed by atoms with Gasteiger partial charge in [-0.3, -0.25) is 9.59 Å². The second kappa shape index (κ2) is 7.91. The zero-order valence-electron chi connectivity index (χ0n) is 12.2. The number of anilines is 1. The summed E-state index contributed by atoms with van der Waals surface area (Å²) in [5, 5.41) is 12.8. The molecule has 0 saturated heterocycles. The van der Waals surface area contributed by atoms with Crippen molar-refractivity contribution >= 4 is 17.5 Å². The van der Waals surface area contributed by atoms with Gasteiger partial charge in [0, 0.05) is 13.2 Å². The molecule has 128 valence electrons. The van der Waals surface area contributed by atoms with Gasteiger partial charge >= 0.3 is 18.0 Å². The van der Waals surface area contributed by atoms with Crippen LogP contribution in [-0.2, 0) is 15.8 Å². The van der Waals surface area contributed by atoms with E-state index >= 15 is 0 Å². The van der Waals surface area contributed by atoms with Crippen LogP contribution in [-0.4, -0.2) is 30.1 Å². The molecular weight excluding hydrogens is 320 g/mol. The maximum Gasteiger partial charge on any atom is 0.416 e. The zero-order valence-corrected chi connectivity index (χ0v) is 12.2. The van der Waals surface area contributed by atoms with Crippen molar-refractivity contribution in [2.24, 2.45) is 5.92 Å². The Morgan fingerprint density at radius 3 is 2.48 bits per heavy atom. The van der Waals surface area contributed by atoms with Crippen molar-refractivity contribution in [2.45, 2.75) is 19.5 Å². The SMILES string of the molecule is CC(CCO)CNC(=O)C(=O)Nc1cc(C(F)(F)F)ccc1F. The van der Waals surface area contributed by atoms with E-state index in [9.17, 15) is 27.2 Å². The third kappa shape index (κ3) is 5.85. The first-order chi connectivity index (χ1) is 10.6. The molecule has 0 aliphatic carbocycles. The van der Waals surface area contributed by atoms with Gasteiger partial charge < -0.3 is 15.7 Å². The second-order valence-corrected chi connectivity index (χ2v) is 4.97. The number of carbonyl (C=O) groups excluding carboxylic acids is 2. The van der Waals surface area contributed by atoms with Crippen molar-refractivity contribution < 1.29 is 32.3 Å². The number of hydrogen-bond donors (Lipinski definition) is 3. The van der Waals surface area contributed by atoms with Crippen LogP contribution in [0.4, 0.5) is 23.2 Å². The first-order valence-electron chi connectivity index (χ1n) is 6.72. The fourth-order valence-corrected chi connectivity index (χ4v) is 1.65. The number of amides is 2. The van der Waals surface area contributed by atoms with Crippen molar-refractivity contribution in [3.63, 3.8) is 0 Å². The van der Waals surface area contributed by atoms with Crippen LogP contribution in [0.5, 0.6) is 0 Å². The summed E-state index contributed by atoms with van der Waals surface area (Å²) >= 11 is 0. The third-order valence-corrected chi connectivity index (χ3v) is 2.98. The average molecular weight is 336 g/mol. The molecule has 0 radical (unpaired) electrons. The molecule has 0 aliphatic rings. The summed E-state index contributed by atoms with van der Waals surface area (Å²) in [7, 11) is 0. The van der Waals surface area contributed by atoms with Crippen LogP contribution in [0.1, 0.15) is 18.9 Å². The highest BCUT2D eigenvalue weighted by molar-refractivity contribution is 6.39. The summed E-state index contributed by atoms with van der Waals surface area (Å²) in [5.41, 5.74) is -1.88. The fraction of sp³-hybridized carbons (Fsp3) is 0.429. The Bertz CT molecular complexity index is 576. The molecule has 1 aromatic rings. The van der Waals surface area contributed by atoms with Gasteiger partial charge in [0.05, 0.1) is 11.3 Å². The molecule has 1 aromatic carbocycles. The molecule has 5 nitrogen and oxygen atoms in total. The van der Waals surface area contributed by atoms with E-state index < -0.39 is 35.1 Å². The van der Waals surface area contributed by atoms with Crippen LogP contribution in [0.3, 0.4) is 0 Å². The highest BCUT2D eigenvalue weighted by atomic mass is 19.4. The number of benzene rings is 1. The summed E-state index contributed by atoms with van der Waals surface area (Å²) in [6.45, 7) is 1.73. The largest absolute Gasteiger partial charge is 0.416 e. The van der Waals surface area contributed by atoms with E-state index in [-0.39, 0.29) is 19.1 Å². The highest BCUT2D eigenvalue weighted by Gasteiger charge is 2.31. The van der Waals surface area contributed by atoms with Crippen molar-refractivity contribution in [3.8, 4) is 0 Å². The molecule has 0 bridgehead atoms. The molecule has 0 spiro atoms. The van der Waals surface area contributed by atoms with Crippen LogP contribution in [0.15, 0.2) is 18.2 Å². The molecule has 0 saturated carbocycles. The lowest BCUT2D eigenvalue weighted by molar-refractivity contribution is -0.137. The van der Waals surface area contributed by atoms with Gasteiger partial charge in [0.25, 0.3) is 0 Å². The number of halogens is 4. The first kappa shape index (κ1) is 18.9. The van der Waals surface area contributed by atoms with Crippen LogP contribution in [0.25, 0.3) is 0 Å². The molecule has 1 rings (SSSR count). The molecule has 1 atom stereocenters. The Morgan fingerprint density at radius 1 is 1.26 bits per heavy atom. The maximum absolute atomic E-state index is 13.5. The smallest absolute Gasteiger partial charge is 0.396 e. The average Bonchev–Trinajstić information content (AvgIpc) is 2.46. The van der Waals surface area contributed by atoms with Crippen LogP contribution in [0.2, 0.25) is 0 Å². The van der Waals surface area contributed by atoms with Gasteiger partial charge in [-0.25, -0.2) is 4.39 Å². The van der Waals surface area contributed by atoms with E-state index in [0.717, 1.165) is 0 Å². The number of nitrogens with one attached hydrogen (secondary N) is 2. The molecular formula is C14H16F4N2O3. The van der Waals surface area contributed by atoms with Crippen molar-refractivity contribution in [2.75, 3.05) is 18.5 Å². The molecule has 3 N–H and O–H groups in total. The Morgan fingerprint density at radius 2 is 1.91 bits per heavy atom. The minimum atomic E-state index is -4.70. The van der Waals surface area contributed by atoms with Crippen LogP contribution in [0, 0.1) is 11.7 Å². The van der Waals surface area contributed by atoms with Crippen molar-refractivity contribution in [3.05, 3.63) is 29.6 Å². The Labute approximate surface area is 129 Å². The number of carbonyl (C=O) groups is 2. The second-order valence-electron chi connectivity index (χ2n) is 4.97. The predicted molar refractivity (Wildman–Crippen MR) is 73.9 cm³/mol. The van der Waals surface area contributed by atoms with Gasteiger partial charge in [0.1, 0.15) is 5.82 Å². The molecule has 1 unspecified atom stereocenters.